The number of rotatable bonds is 9. The molecule has 0 radical (unpaired) electrons. The summed E-state index contributed by atoms with van der Waals surface area (Å²) < 4.78 is 77.9. The van der Waals surface area contributed by atoms with Crippen molar-refractivity contribution in [1.82, 2.24) is 0 Å². The van der Waals surface area contributed by atoms with Gasteiger partial charge in [-0.15, -0.1) is 0 Å². The van der Waals surface area contributed by atoms with E-state index in [1.54, 1.807) is 0 Å². The Hall–Kier alpha value is -1.46. The van der Waals surface area contributed by atoms with Crippen LogP contribution >= 0.6 is 0 Å². The maximum atomic E-state index is 13.8. The molecule has 3 rings (SSSR count). The lowest BCUT2D eigenvalue weighted by Crippen LogP contribution is -2.26. The molecule has 1 aromatic rings. The Morgan fingerprint density at radius 3 is 1.70 bits per heavy atom. The van der Waals surface area contributed by atoms with Crippen LogP contribution in [0.4, 0.5) is 26.3 Å². The zero-order valence-electron chi connectivity index (χ0n) is 19.3. The molecule has 0 nitrogen and oxygen atoms in total. The molecule has 33 heavy (non-hydrogen) atoms. The number of benzene rings is 1. The summed E-state index contributed by atoms with van der Waals surface area (Å²) in [5.74, 6) is -0.227. The quantitative estimate of drug-likeness (QED) is 0.247. The van der Waals surface area contributed by atoms with Crippen molar-refractivity contribution in [2.75, 3.05) is 6.67 Å². The van der Waals surface area contributed by atoms with Crippen molar-refractivity contribution >= 4 is 0 Å². The fraction of sp³-hybridized carbons (Fsp3) is 0.704. The monoisotopic (exact) mass is 474 g/mol. The van der Waals surface area contributed by atoms with Gasteiger partial charge in [-0.1, -0.05) is 37.8 Å². The van der Waals surface area contributed by atoms with Crippen molar-refractivity contribution in [3.8, 4) is 0 Å². The standard InChI is InChI=1S/C27H36F6/c28-16-4-2-1-3-5-19-8-12-22(13-9-19)23-14-10-20(11-15-23)6-7-21-17-24(29)26(25(30)18-21)27(31,32)33/h1-2,17-20,22-23H,3-16H2/t19-,20-,22-,23-. The summed E-state index contributed by atoms with van der Waals surface area (Å²) in [6, 6.07) is 1.68. The van der Waals surface area contributed by atoms with Gasteiger partial charge in [-0.25, -0.2) is 8.78 Å². The fourth-order valence-corrected chi connectivity index (χ4v) is 5.94. The lowest BCUT2D eigenvalue weighted by atomic mass is 9.68. The fourth-order valence-electron chi connectivity index (χ4n) is 5.94. The predicted molar refractivity (Wildman–Crippen MR) is 120 cm³/mol. The summed E-state index contributed by atoms with van der Waals surface area (Å²) >= 11 is 0. The molecule has 0 N–H and O–H groups in total. The van der Waals surface area contributed by atoms with E-state index in [1.807, 2.05) is 6.08 Å². The average Bonchev–Trinajstić information content (AvgIpc) is 2.77. The Labute approximate surface area is 193 Å². The van der Waals surface area contributed by atoms with Crippen LogP contribution in [0.2, 0.25) is 0 Å². The molecule has 1 aromatic carbocycles. The van der Waals surface area contributed by atoms with Crippen LogP contribution in [0.1, 0.15) is 88.2 Å². The average molecular weight is 475 g/mol. The summed E-state index contributed by atoms with van der Waals surface area (Å²) in [5, 5.41) is 0. The second kappa shape index (κ2) is 12.3. The molecular weight excluding hydrogens is 438 g/mol. The molecule has 186 valence electrons. The van der Waals surface area contributed by atoms with Crippen molar-refractivity contribution in [2.24, 2.45) is 23.7 Å². The maximum absolute atomic E-state index is 13.8. The molecule has 0 aromatic heterocycles. The van der Waals surface area contributed by atoms with Gasteiger partial charge in [-0.3, -0.25) is 4.39 Å². The Balaban J connectivity index is 1.37. The normalized spacial score (nSPS) is 26.7. The van der Waals surface area contributed by atoms with Crippen LogP contribution in [0.25, 0.3) is 0 Å². The van der Waals surface area contributed by atoms with Gasteiger partial charge in [0.25, 0.3) is 0 Å². The highest BCUT2D eigenvalue weighted by atomic mass is 19.4. The van der Waals surface area contributed by atoms with Gasteiger partial charge in [0, 0.05) is 0 Å². The lowest BCUT2D eigenvalue weighted by molar-refractivity contribution is -0.142. The van der Waals surface area contributed by atoms with E-state index >= 15 is 0 Å². The molecular formula is C27H36F6. The summed E-state index contributed by atoms with van der Waals surface area (Å²) in [4.78, 5) is 0. The number of alkyl halides is 4. The summed E-state index contributed by atoms with van der Waals surface area (Å²) in [6.45, 7) is -0.282. The van der Waals surface area contributed by atoms with E-state index in [2.05, 4.69) is 6.08 Å². The third-order valence-corrected chi connectivity index (χ3v) is 7.86. The highest BCUT2D eigenvalue weighted by molar-refractivity contribution is 5.28. The van der Waals surface area contributed by atoms with Gasteiger partial charge in [0.1, 0.15) is 17.2 Å². The number of hydrogen-bond acceptors (Lipinski definition) is 0. The maximum Gasteiger partial charge on any atom is 0.422 e. The Morgan fingerprint density at radius 2 is 1.21 bits per heavy atom. The predicted octanol–water partition coefficient (Wildman–Crippen LogP) is 9.22. The summed E-state index contributed by atoms with van der Waals surface area (Å²) in [7, 11) is 0. The molecule has 0 amide bonds. The minimum absolute atomic E-state index is 0.282. The van der Waals surface area contributed by atoms with Crippen LogP contribution in [-0.4, -0.2) is 6.67 Å². The van der Waals surface area contributed by atoms with E-state index in [0.29, 0.717) is 24.3 Å². The SMILES string of the molecule is FCCC=CCC[C@H]1CC[C@H]([C@H]2CC[C@H](CCc3cc(F)c(C(F)(F)F)c(F)c3)CC2)CC1. The van der Waals surface area contributed by atoms with Crippen molar-refractivity contribution in [3.63, 3.8) is 0 Å². The van der Waals surface area contributed by atoms with Crippen LogP contribution in [0.5, 0.6) is 0 Å². The molecule has 2 saturated carbocycles. The highest BCUT2D eigenvalue weighted by Gasteiger charge is 2.38. The highest BCUT2D eigenvalue weighted by Crippen LogP contribution is 2.43. The van der Waals surface area contributed by atoms with Gasteiger partial charge in [0.15, 0.2) is 0 Å². The topological polar surface area (TPSA) is 0 Å². The van der Waals surface area contributed by atoms with Crippen molar-refractivity contribution < 1.29 is 26.3 Å². The third kappa shape index (κ3) is 7.78. The summed E-state index contributed by atoms with van der Waals surface area (Å²) in [5.41, 5.74) is -1.49. The van der Waals surface area contributed by atoms with Crippen molar-refractivity contribution in [3.05, 3.63) is 47.0 Å². The van der Waals surface area contributed by atoms with Crippen LogP contribution in [0.3, 0.4) is 0 Å². The van der Waals surface area contributed by atoms with E-state index in [1.165, 1.54) is 44.9 Å². The Kier molecular flexibility index (Phi) is 9.75. The second-order valence-electron chi connectivity index (χ2n) is 10.1. The lowest BCUT2D eigenvalue weighted by Gasteiger charge is -2.38. The first-order chi connectivity index (χ1) is 15.8. The van der Waals surface area contributed by atoms with Crippen LogP contribution in [0, 0.1) is 35.3 Å². The van der Waals surface area contributed by atoms with Crippen molar-refractivity contribution in [2.45, 2.75) is 89.6 Å². The van der Waals surface area contributed by atoms with Crippen LogP contribution < -0.4 is 0 Å². The first-order valence-electron chi connectivity index (χ1n) is 12.5. The molecule has 0 aliphatic heterocycles. The summed E-state index contributed by atoms with van der Waals surface area (Å²) in [6.07, 6.45) is 12.7. The Bertz CT molecular complexity index is 729. The molecule has 0 bridgehead atoms. The van der Waals surface area contributed by atoms with Gasteiger partial charge >= 0.3 is 6.18 Å². The number of aryl methyl sites for hydroxylation is 1. The van der Waals surface area contributed by atoms with Crippen LogP contribution in [-0.2, 0) is 12.6 Å². The number of hydrogen-bond donors (Lipinski definition) is 0. The zero-order chi connectivity index (χ0) is 23.8. The van der Waals surface area contributed by atoms with E-state index < -0.39 is 23.4 Å². The van der Waals surface area contributed by atoms with Gasteiger partial charge in [0.2, 0.25) is 0 Å². The molecule has 2 aliphatic rings. The first-order valence-corrected chi connectivity index (χ1v) is 12.5. The minimum atomic E-state index is -5.02. The van der Waals surface area contributed by atoms with Gasteiger partial charge in [-0.05, 0) is 99.2 Å². The molecule has 0 unspecified atom stereocenters. The van der Waals surface area contributed by atoms with Gasteiger partial charge < -0.3 is 0 Å². The molecule has 2 aliphatic carbocycles. The molecule has 2 fully saturated rings. The molecule has 0 heterocycles. The van der Waals surface area contributed by atoms with E-state index in [-0.39, 0.29) is 6.67 Å². The van der Waals surface area contributed by atoms with Gasteiger partial charge in [0.05, 0.1) is 6.67 Å². The van der Waals surface area contributed by atoms with Crippen LogP contribution in [0.15, 0.2) is 24.3 Å². The Morgan fingerprint density at radius 1 is 0.727 bits per heavy atom. The largest absolute Gasteiger partial charge is 0.422 e. The molecule has 6 heteroatoms. The third-order valence-electron chi connectivity index (χ3n) is 7.86. The number of allylic oxidation sites excluding steroid dienone is 2. The molecule has 0 atom stereocenters. The van der Waals surface area contributed by atoms with Crippen molar-refractivity contribution in [1.29, 1.82) is 0 Å². The number of halogens is 6. The van der Waals surface area contributed by atoms with E-state index in [0.717, 1.165) is 55.6 Å². The molecule has 0 saturated heterocycles. The molecule has 0 spiro atoms. The second-order valence-corrected chi connectivity index (χ2v) is 10.1. The van der Waals surface area contributed by atoms with Gasteiger partial charge in [-0.2, -0.15) is 13.2 Å². The van der Waals surface area contributed by atoms with E-state index in [9.17, 15) is 26.3 Å². The zero-order valence-corrected chi connectivity index (χ0v) is 19.3. The van der Waals surface area contributed by atoms with E-state index in [4.69, 9.17) is 0 Å². The minimum Gasteiger partial charge on any atom is -0.251 e. The smallest absolute Gasteiger partial charge is 0.251 e. The first kappa shape index (κ1) is 26.2.